The van der Waals surface area contributed by atoms with Gasteiger partial charge in [0.2, 0.25) is 0 Å². The molecule has 24 heavy (non-hydrogen) atoms. The number of halogens is 2. The highest BCUT2D eigenvalue weighted by Gasteiger charge is 2.15. The maximum atomic E-state index is 12.9. The topological polar surface area (TPSA) is 53.5 Å². The van der Waals surface area contributed by atoms with Crippen LogP contribution in [0.2, 0.25) is 5.02 Å². The van der Waals surface area contributed by atoms with E-state index in [0.29, 0.717) is 17.2 Å². The first kappa shape index (κ1) is 17.9. The van der Waals surface area contributed by atoms with Crippen molar-refractivity contribution in [1.29, 1.82) is 0 Å². The maximum absolute atomic E-state index is 12.9. The van der Waals surface area contributed by atoms with E-state index in [1.165, 1.54) is 12.1 Å². The zero-order valence-electron chi connectivity index (χ0n) is 13.5. The summed E-state index contributed by atoms with van der Waals surface area (Å²) in [5.74, 6) is -0.553. The van der Waals surface area contributed by atoms with Crippen LogP contribution in [0.4, 0.5) is 10.1 Å². The fraction of sp³-hybridized carbons (Fsp3) is 0.222. The number of carbonyl (C=O) groups is 1. The van der Waals surface area contributed by atoms with Crippen molar-refractivity contribution in [2.75, 3.05) is 5.32 Å². The molecule has 0 aromatic heterocycles. The Bertz CT molecular complexity index is 714. The minimum absolute atomic E-state index is 0.242. The molecule has 2 aromatic rings. The molecule has 2 N–H and O–H groups in total. The molecule has 0 radical (unpaired) electrons. The lowest BCUT2D eigenvalue weighted by molar-refractivity contribution is -0.121. The number of carbonyl (C=O) groups excluding carboxylic acids is 1. The van der Waals surface area contributed by atoms with Crippen LogP contribution in [0.25, 0.3) is 0 Å². The van der Waals surface area contributed by atoms with Crippen molar-refractivity contribution >= 4 is 28.9 Å². The average molecular weight is 348 g/mol. The molecule has 0 aliphatic rings. The van der Waals surface area contributed by atoms with Crippen molar-refractivity contribution < 1.29 is 9.18 Å². The number of nitrogens with one attached hydrogen (secondary N) is 2. The zero-order valence-corrected chi connectivity index (χ0v) is 14.3. The molecule has 0 aliphatic heterocycles. The maximum Gasteiger partial charge on any atom is 0.262 e. The first-order valence-electron chi connectivity index (χ1n) is 7.61. The molecular formula is C18H19ClFN3O. The molecule has 0 aliphatic carbocycles. The van der Waals surface area contributed by atoms with Gasteiger partial charge in [-0.15, -0.1) is 0 Å². The Morgan fingerprint density at radius 3 is 2.38 bits per heavy atom. The molecule has 0 saturated carbocycles. The fourth-order valence-electron chi connectivity index (χ4n) is 2.07. The molecule has 0 saturated heterocycles. The minimum atomic E-state index is -0.420. The first-order chi connectivity index (χ1) is 11.5. The predicted octanol–water partition coefficient (Wildman–Crippen LogP) is 4.21. The number of amides is 1. The van der Waals surface area contributed by atoms with Crippen molar-refractivity contribution in [3.63, 3.8) is 0 Å². The van der Waals surface area contributed by atoms with Crippen molar-refractivity contribution in [3.05, 3.63) is 64.9 Å². The highest BCUT2D eigenvalue weighted by Crippen LogP contribution is 2.15. The standard InChI is InChI=1S/C18H19ClFN3O/c1-3-17(21-16-10-6-14(19)7-11-16)18(24)23-22-12(2)13-4-8-15(20)9-5-13/h4-11,17,21H,3H2,1-2H3,(H,23,24)/t17-/m0/s1. The normalized spacial score (nSPS) is 12.6. The summed E-state index contributed by atoms with van der Waals surface area (Å²) >= 11 is 5.85. The van der Waals surface area contributed by atoms with E-state index in [9.17, 15) is 9.18 Å². The molecule has 1 amide bonds. The van der Waals surface area contributed by atoms with Gasteiger partial charge in [0.15, 0.2) is 0 Å². The molecule has 6 heteroatoms. The summed E-state index contributed by atoms with van der Waals surface area (Å²) in [6.07, 6.45) is 0.597. The van der Waals surface area contributed by atoms with Crippen molar-refractivity contribution in [2.24, 2.45) is 5.10 Å². The monoisotopic (exact) mass is 347 g/mol. The highest BCUT2D eigenvalue weighted by atomic mass is 35.5. The summed E-state index contributed by atoms with van der Waals surface area (Å²) in [7, 11) is 0. The van der Waals surface area contributed by atoms with E-state index in [2.05, 4.69) is 15.8 Å². The molecular weight excluding hydrogens is 329 g/mol. The van der Waals surface area contributed by atoms with Crippen LogP contribution in [0.15, 0.2) is 53.6 Å². The van der Waals surface area contributed by atoms with Crippen LogP contribution in [0.1, 0.15) is 25.8 Å². The van der Waals surface area contributed by atoms with E-state index in [0.717, 1.165) is 11.3 Å². The van der Waals surface area contributed by atoms with Gasteiger partial charge in [-0.25, -0.2) is 9.82 Å². The van der Waals surface area contributed by atoms with E-state index >= 15 is 0 Å². The molecule has 2 aromatic carbocycles. The number of anilines is 1. The van der Waals surface area contributed by atoms with Crippen LogP contribution in [0, 0.1) is 5.82 Å². The third-order valence-corrected chi connectivity index (χ3v) is 3.76. The van der Waals surface area contributed by atoms with E-state index in [1.54, 1.807) is 31.2 Å². The smallest absolute Gasteiger partial charge is 0.262 e. The molecule has 2 rings (SSSR count). The predicted molar refractivity (Wildman–Crippen MR) is 95.9 cm³/mol. The number of hydrogen-bond acceptors (Lipinski definition) is 3. The Morgan fingerprint density at radius 1 is 1.17 bits per heavy atom. The lowest BCUT2D eigenvalue weighted by atomic mass is 10.1. The van der Waals surface area contributed by atoms with Gasteiger partial charge in [0.25, 0.3) is 5.91 Å². The van der Waals surface area contributed by atoms with E-state index < -0.39 is 6.04 Å². The van der Waals surface area contributed by atoms with Gasteiger partial charge in [-0.05, 0) is 55.3 Å². The lowest BCUT2D eigenvalue weighted by Gasteiger charge is -2.16. The van der Waals surface area contributed by atoms with Gasteiger partial charge < -0.3 is 5.32 Å². The third-order valence-electron chi connectivity index (χ3n) is 3.51. The van der Waals surface area contributed by atoms with Gasteiger partial charge in [0, 0.05) is 10.7 Å². The zero-order chi connectivity index (χ0) is 17.5. The van der Waals surface area contributed by atoms with Gasteiger partial charge in [-0.1, -0.05) is 30.7 Å². The number of hydrazone groups is 1. The fourth-order valence-corrected chi connectivity index (χ4v) is 2.20. The largest absolute Gasteiger partial charge is 0.374 e. The number of benzene rings is 2. The second-order valence-electron chi connectivity index (χ2n) is 5.29. The summed E-state index contributed by atoms with van der Waals surface area (Å²) in [5.41, 5.74) is 4.70. The second kappa shape index (κ2) is 8.45. The van der Waals surface area contributed by atoms with Crippen molar-refractivity contribution in [3.8, 4) is 0 Å². The molecule has 0 spiro atoms. The molecule has 4 nitrogen and oxygen atoms in total. The minimum Gasteiger partial charge on any atom is -0.374 e. The summed E-state index contributed by atoms with van der Waals surface area (Å²) in [6, 6.07) is 12.6. The molecule has 1 atom stereocenters. The summed E-state index contributed by atoms with van der Waals surface area (Å²) in [4.78, 5) is 12.3. The van der Waals surface area contributed by atoms with Crippen LogP contribution in [0.5, 0.6) is 0 Å². The number of hydrogen-bond donors (Lipinski definition) is 2. The Labute approximate surface area is 145 Å². The third kappa shape index (κ3) is 5.06. The summed E-state index contributed by atoms with van der Waals surface area (Å²) in [6.45, 7) is 3.66. The van der Waals surface area contributed by atoms with Crippen LogP contribution in [0.3, 0.4) is 0 Å². The Hall–Kier alpha value is -2.40. The summed E-state index contributed by atoms with van der Waals surface area (Å²) < 4.78 is 12.9. The Morgan fingerprint density at radius 2 is 1.79 bits per heavy atom. The molecule has 0 heterocycles. The first-order valence-corrected chi connectivity index (χ1v) is 7.99. The van der Waals surface area contributed by atoms with Crippen LogP contribution >= 0.6 is 11.6 Å². The van der Waals surface area contributed by atoms with Crippen LogP contribution < -0.4 is 10.7 Å². The van der Waals surface area contributed by atoms with Gasteiger partial charge in [0.1, 0.15) is 11.9 Å². The van der Waals surface area contributed by atoms with E-state index in [-0.39, 0.29) is 11.7 Å². The van der Waals surface area contributed by atoms with E-state index in [1.807, 2.05) is 19.1 Å². The Kier molecular flexibility index (Phi) is 6.32. The van der Waals surface area contributed by atoms with Gasteiger partial charge in [-0.3, -0.25) is 4.79 Å². The van der Waals surface area contributed by atoms with Crippen LogP contribution in [-0.2, 0) is 4.79 Å². The molecule has 0 unspecified atom stereocenters. The van der Waals surface area contributed by atoms with Crippen molar-refractivity contribution in [2.45, 2.75) is 26.3 Å². The van der Waals surface area contributed by atoms with Gasteiger partial charge in [-0.2, -0.15) is 5.10 Å². The highest BCUT2D eigenvalue weighted by molar-refractivity contribution is 6.30. The number of nitrogens with zero attached hydrogens (tertiary/aromatic N) is 1. The molecule has 0 fully saturated rings. The Balaban J connectivity index is 1.99. The molecule has 126 valence electrons. The lowest BCUT2D eigenvalue weighted by Crippen LogP contribution is -2.37. The van der Waals surface area contributed by atoms with Gasteiger partial charge >= 0.3 is 0 Å². The average Bonchev–Trinajstić information content (AvgIpc) is 2.59. The van der Waals surface area contributed by atoms with Crippen LogP contribution in [-0.4, -0.2) is 17.7 Å². The van der Waals surface area contributed by atoms with Gasteiger partial charge in [0.05, 0.1) is 5.71 Å². The SMILES string of the molecule is CC[C@H](Nc1ccc(Cl)cc1)C(=O)NN=C(C)c1ccc(F)cc1. The number of rotatable bonds is 6. The summed E-state index contributed by atoms with van der Waals surface area (Å²) in [5, 5.41) is 7.86. The van der Waals surface area contributed by atoms with Crippen molar-refractivity contribution in [1.82, 2.24) is 5.43 Å². The van der Waals surface area contributed by atoms with E-state index in [4.69, 9.17) is 11.6 Å². The molecule has 0 bridgehead atoms. The quantitative estimate of drug-likeness (QED) is 0.607. The second-order valence-corrected chi connectivity index (χ2v) is 5.73.